The maximum absolute atomic E-state index is 11.3. The summed E-state index contributed by atoms with van der Waals surface area (Å²) >= 11 is 1.37. The predicted molar refractivity (Wildman–Crippen MR) is 80.8 cm³/mol. The molecule has 0 radical (unpaired) electrons. The van der Waals surface area contributed by atoms with E-state index in [4.69, 9.17) is 0 Å². The summed E-state index contributed by atoms with van der Waals surface area (Å²) in [5.41, 5.74) is 0.837. The number of piperidine rings is 1. The summed E-state index contributed by atoms with van der Waals surface area (Å²) in [5, 5.41) is 10.2. The highest BCUT2D eigenvalue weighted by molar-refractivity contribution is 7.17. The van der Waals surface area contributed by atoms with E-state index in [1.165, 1.54) is 24.2 Å². The molecule has 5 heteroatoms. The van der Waals surface area contributed by atoms with E-state index < -0.39 is 5.97 Å². The van der Waals surface area contributed by atoms with Crippen molar-refractivity contribution in [2.24, 2.45) is 11.8 Å². The summed E-state index contributed by atoms with van der Waals surface area (Å²) < 4.78 is 0. The molecule has 1 aliphatic carbocycles. The number of hydrogen-bond acceptors (Lipinski definition) is 4. The van der Waals surface area contributed by atoms with Crippen LogP contribution in [-0.4, -0.2) is 29.1 Å². The van der Waals surface area contributed by atoms with Gasteiger partial charge in [0.25, 0.3) is 0 Å². The van der Waals surface area contributed by atoms with Crippen LogP contribution in [0.5, 0.6) is 0 Å². The van der Waals surface area contributed by atoms with Crippen molar-refractivity contribution in [3.63, 3.8) is 0 Å². The smallest absolute Gasteiger partial charge is 0.347 e. The van der Waals surface area contributed by atoms with E-state index in [2.05, 4.69) is 23.7 Å². The van der Waals surface area contributed by atoms with E-state index in [0.29, 0.717) is 10.8 Å². The normalized spacial score (nSPS) is 20.6. The number of nitrogens with zero attached hydrogens (tertiary/aromatic N) is 2. The Kier molecular flexibility index (Phi) is 3.71. The molecule has 1 saturated carbocycles. The Hall–Kier alpha value is -1.10. The zero-order valence-corrected chi connectivity index (χ0v) is 12.9. The number of thiazole rings is 1. The molecule has 2 fully saturated rings. The molecule has 1 N–H and O–H groups in total. The Bertz CT molecular complexity index is 500. The topological polar surface area (TPSA) is 53.4 Å². The number of hydrogen-bond donors (Lipinski definition) is 1. The second-order valence-corrected chi connectivity index (χ2v) is 7.34. The van der Waals surface area contributed by atoms with Gasteiger partial charge < -0.3 is 10.0 Å². The Labute approximate surface area is 123 Å². The quantitative estimate of drug-likeness (QED) is 0.922. The van der Waals surface area contributed by atoms with E-state index in [1.807, 2.05) is 0 Å². The van der Waals surface area contributed by atoms with Gasteiger partial charge in [0.05, 0.1) is 5.69 Å². The van der Waals surface area contributed by atoms with Crippen LogP contribution in [0.1, 0.15) is 60.8 Å². The van der Waals surface area contributed by atoms with Crippen LogP contribution in [0.3, 0.4) is 0 Å². The zero-order valence-electron chi connectivity index (χ0n) is 12.1. The average Bonchev–Trinajstić information content (AvgIpc) is 3.17. The fraction of sp³-hybridized carbons (Fsp3) is 0.733. The van der Waals surface area contributed by atoms with Gasteiger partial charge in [-0.05, 0) is 37.5 Å². The van der Waals surface area contributed by atoms with Crippen molar-refractivity contribution in [2.45, 2.75) is 45.4 Å². The maximum atomic E-state index is 11.3. The molecule has 0 bridgehead atoms. The summed E-state index contributed by atoms with van der Waals surface area (Å²) in [5.74, 6) is 1.13. The lowest BCUT2D eigenvalue weighted by Crippen LogP contribution is -2.35. The Morgan fingerprint density at radius 2 is 1.95 bits per heavy atom. The van der Waals surface area contributed by atoms with Crippen LogP contribution in [-0.2, 0) is 0 Å². The summed E-state index contributed by atoms with van der Waals surface area (Å²) in [6, 6.07) is 0. The standard InChI is InChI=1S/C15H22N2O2S/c1-9(2)10-5-7-17(8-6-10)15-16-12(11-3-4-11)13(20-15)14(18)19/h9-11H,3-8H2,1-2H3,(H,18,19). The first kappa shape index (κ1) is 13.9. The second kappa shape index (κ2) is 5.35. The van der Waals surface area contributed by atoms with Crippen molar-refractivity contribution in [2.75, 3.05) is 18.0 Å². The van der Waals surface area contributed by atoms with Gasteiger partial charge in [0.2, 0.25) is 0 Å². The van der Waals surface area contributed by atoms with Gasteiger partial charge in [0, 0.05) is 19.0 Å². The molecule has 110 valence electrons. The van der Waals surface area contributed by atoms with Gasteiger partial charge in [0.15, 0.2) is 5.13 Å². The highest BCUT2D eigenvalue weighted by Crippen LogP contribution is 2.44. The van der Waals surface area contributed by atoms with Crippen LogP contribution in [0.15, 0.2) is 0 Å². The molecule has 1 aromatic heterocycles. The van der Waals surface area contributed by atoms with E-state index in [1.54, 1.807) is 0 Å². The van der Waals surface area contributed by atoms with Crippen LogP contribution >= 0.6 is 11.3 Å². The third-order valence-electron chi connectivity index (χ3n) is 4.55. The molecule has 1 aliphatic heterocycles. The van der Waals surface area contributed by atoms with Crippen LogP contribution in [0.2, 0.25) is 0 Å². The number of anilines is 1. The van der Waals surface area contributed by atoms with Crippen molar-refractivity contribution in [1.82, 2.24) is 4.98 Å². The molecule has 1 saturated heterocycles. The van der Waals surface area contributed by atoms with Crippen molar-refractivity contribution < 1.29 is 9.90 Å². The summed E-state index contributed by atoms with van der Waals surface area (Å²) in [6.45, 7) is 6.61. The largest absolute Gasteiger partial charge is 0.477 e. The third kappa shape index (κ3) is 2.68. The Morgan fingerprint density at radius 1 is 1.30 bits per heavy atom. The third-order valence-corrected chi connectivity index (χ3v) is 5.67. The van der Waals surface area contributed by atoms with Gasteiger partial charge >= 0.3 is 5.97 Å². The molecule has 0 spiro atoms. The molecule has 3 rings (SSSR count). The van der Waals surface area contributed by atoms with Crippen molar-refractivity contribution in [3.05, 3.63) is 10.6 Å². The number of carbonyl (C=O) groups is 1. The summed E-state index contributed by atoms with van der Waals surface area (Å²) in [7, 11) is 0. The highest BCUT2D eigenvalue weighted by Gasteiger charge is 2.33. The minimum Gasteiger partial charge on any atom is -0.477 e. The number of carboxylic acid groups (broad SMARTS) is 1. The molecule has 0 aromatic carbocycles. The lowest BCUT2D eigenvalue weighted by Gasteiger charge is -2.33. The van der Waals surface area contributed by atoms with E-state index in [-0.39, 0.29) is 0 Å². The van der Waals surface area contributed by atoms with E-state index in [0.717, 1.165) is 48.6 Å². The van der Waals surface area contributed by atoms with Crippen LogP contribution in [0.25, 0.3) is 0 Å². The lowest BCUT2D eigenvalue weighted by molar-refractivity contribution is 0.0700. The predicted octanol–water partition coefficient (Wildman–Crippen LogP) is 3.59. The first-order valence-electron chi connectivity index (χ1n) is 7.55. The average molecular weight is 294 g/mol. The number of rotatable bonds is 4. The molecular weight excluding hydrogens is 272 g/mol. The van der Waals surface area contributed by atoms with Crippen molar-refractivity contribution >= 4 is 22.4 Å². The first-order chi connectivity index (χ1) is 9.56. The Balaban J connectivity index is 1.75. The first-order valence-corrected chi connectivity index (χ1v) is 8.37. The van der Waals surface area contributed by atoms with Crippen LogP contribution in [0, 0.1) is 11.8 Å². The highest BCUT2D eigenvalue weighted by atomic mass is 32.1. The fourth-order valence-electron chi connectivity index (χ4n) is 3.00. The minimum atomic E-state index is -0.812. The van der Waals surface area contributed by atoms with Crippen LogP contribution < -0.4 is 4.90 Å². The maximum Gasteiger partial charge on any atom is 0.347 e. The van der Waals surface area contributed by atoms with Crippen LogP contribution in [0.4, 0.5) is 5.13 Å². The molecule has 0 atom stereocenters. The molecule has 0 unspecified atom stereocenters. The minimum absolute atomic E-state index is 0.402. The van der Waals surface area contributed by atoms with E-state index in [9.17, 15) is 9.90 Å². The molecule has 0 amide bonds. The van der Waals surface area contributed by atoms with Gasteiger partial charge in [0.1, 0.15) is 4.88 Å². The summed E-state index contributed by atoms with van der Waals surface area (Å²) in [4.78, 5) is 18.7. The lowest BCUT2D eigenvalue weighted by atomic mass is 9.87. The number of aromatic carboxylic acids is 1. The molecular formula is C15H22N2O2S. The monoisotopic (exact) mass is 294 g/mol. The van der Waals surface area contributed by atoms with Gasteiger partial charge in [-0.2, -0.15) is 0 Å². The van der Waals surface area contributed by atoms with Gasteiger partial charge in [-0.1, -0.05) is 25.2 Å². The van der Waals surface area contributed by atoms with Gasteiger partial charge in [-0.15, -0.1) is 0 Å². The Morgan fingerprint density at radius 3 is 2.45 bits per heavy atom. The summed E-state index contributed by atoms with van der Waals surface area (Å²) in [6.07, 6.45) is 4.58. The molecule has 4 nitrogen and oxygen atoms in total. The van der Waals surface area contributed by atoms with Crippen molar-refractivity contribution in [1.29, 1.82) is 0 Å². The molecule has 20 heavy (non-hydrogen) atoms. The number of aromatic nitrogens is 1. The SMILES string of the molecule is CC(C)C1CCN(c2nc(C3CC3)c(C(=O)O)s2)CC1. The molecule has 2 heterocycles. The van der Waals surface area contributed by atoms with E-state index >= 15 is 0 Å². The molecule has 2 aliphatic rings. The number of carboxylic acids is 1. The van der Waals surface area contributed by atoms with Gasteiger partial charge in [-0.3, -0.25) is 0 Å². The van der Waals surface area contributed by atoms with Gasteiger partial charge in [-0.25, -0.2) is 9.78 Å². The fourth-order valence-corrected chi connectivity index (χ4v) is 4.04. The molecule has 1 aromatic rings. The zero-order chi connectivity index (χ0) is 14.3. The second-order valence-electron chi connectivity index (χ2n) is 6.36. The van der Waals surface area contributed by atoms with Crippen molar-refractivity contribution in [3.8, 4) is 0 Å².